The Hall–Kier alpha value is -0.760. The Kier molecular flexibility index (Phi) is 4.74. The zero-order chi connectivity index (χ0) is 10.4. The molecule has 0 N–H and O–H groups in total. The normalized spacial score (nSPS) is 12.4. The maximum absolute atomic E-state index is 11.8. The van der Waals surface area contributed by atoms with Crippen LogP contribution in [0.25, 0.3) is 0 Å². The van der Waals surface area contributed by atoms with Crippen molar-refractivity contribution in [2.75, 3.05) is 12.0 Å². The van der Waals surface area contributed by atoms with Crippen molar-refractivity contribution in [1.29, 1.82) is 0 Å². The third kappa shape index (κ3) is 3.18. The Bertz CT molecular complexity index is 282. The summed E-state index contributed by atoms with van der Waals surface area (Å²) in [5.74, 6) is 1.46. The number of carbonyl (C=O) groups excluding carboxylic acids is 1. The molecule has 0 aromatic heterocycles. The predicted octanol–water partition coefficient (Wildman–Crippen LogP) is 3.26. The van der Waals surface area contributed by atoms with E-state index in [9.17, 15) is 4.79 Å². The monoisotopic (exact) mass is 208 g/mol. The summed E-state index contributed by atoms with van der Waals surface area (Å²) in [6, 6.07) is 9.53. The molecule has 1 aromatic rings. The summed E-state index contributed by atoms with van der Waals surface area (Å²) in [5.41, 5.74) is 0.834. The van der Waals surface area contributed by atoms with Crippen molar-refractivity contribution in [2.45, 2.75) is 13.3 Å². The average molecular weight is 208 g/mol. The maximum atomic E-state index is 11.8. The topological polar surface area (TPSA) is 17.1 Å². The van der Waals surface area contributed by atoms with E-state index in [4.69, 9.17) is 0 Å². The fourth-order valence-electron chi connectivity index (χ4n) is 1.31. The molecule has 0 amide bonds. The first-order chi connectivity index (χ1) is 6.75. The summed E-state index contributed by atoms with van der Waals surface area (Å²) < 4.78 is 0. The molecule has 1 nitrogen and oxygen atoms in total. The predicted molar refractivity (Wildman–Crippen MR) is 62.9 cm³/mol. The van der Waals surface area contributed by atoms with Gasteiger partial charge in [0.2, 0.25) is 0 Å². The highest BCUT2D eigenvalue weighted by molar-refractivity contribution is 7.98. The first-order valence-electron chi connectivity index (χ1n) is 4.84. The fourth-order valence-corrected chi connectivity index (χ4v) is 1.90. The van der Waals surface area contributed by atoms with Crippen LogP contribution >= 0.6 is 11.8 Å². The van der Waals surface area contributed by atoms with E-state index in [-0.39, 0.29) is 11.7 Å². The number of rotatable bonds is 5. The van der Waals surface area contributed by atoms with Crippen LogP contribution in [-0.2, 0) is 0 Å². The molecular formula is C12H16OS. The Morgan fingerprint density at radius 2 is 2.00 bits per heavy atom. The molecule has 0 saturated heterocycles. The van der Waals surface area contributed by atoms with Gasteiger partial charge in [-0.15, -0.1) is 0 Å². The Balaban J connectivity index is 2.57. The van der Waals surface area contributed by atoms with Crippen molar-refractivity contribution in [2.24, 2.45) is 5.92 Å². The number of benzene rings is 1. The number of thioether (sulfide) groups is 1. The minimum absolute atomic E-state index is 0.143. The second kappa shape index (κ2) is 5.86. The molecule has 0 aliphatic rings. The highest BCUT2D eigenvalue weighted by Gasteiger charge is 2.13. The quantitative estimate of drug-likeness (QED) is 0.691. The molecule has 0 heterocycles. The van der Waals surface area contributed by atoms with Crippen LogP contribution in [0.15, 0.2) is 30.3 Å². The van der Waals surface area contributed by atoms with Gasteiger partial charge in [0.05, 0.1) is 0 Å². The third-order valence-electron chi connectivity index (χ3n) is 2.26. The minimum atomic E-state index is 0.143. The molecule has 0 aliphatic heterocycles. The van der Waals surface area contributed by atoms with E-state index < -0.39 is 0 Å². The molecule has 0 spiro atoms. The molecule has 2 heteroatoms. The lowest BCUT2D eigenvalue weighted by Crippen LogP contribution is -2.11. The van der Waals surface area contributed by atoms with Crippen molar-refractivity contribution in [1.82, 2.24) is 0 Å². The summed E-state index contributed by atoms with van der Waals surface area (Å²) in [6.45, 7) is 2.01. The molecular weight excluding hydrogens is 192 g/mol. The Labute approximate surface area is 89.9 Å². The third-order valence-corrected chi connectivity index (χ3v) is 2.90. The summed E-state index contributed by atoms with van der Waals surface area (Å²) in [4.78, 5) is 11.8. The van der Waals surface area contributed by atoms with E-state index in [1.165, 1.54) is 0 Å². The van der Waals surface area contributed by atoms with Gasteiger partial charge in [-0.2, -0.15) is 11.8 Å². The number of hydrogen-bond acceptors (Lipinski definition) is 2. The molecule has 0 aliphatic carbocycles. The smallest absolute Gasteiger partial charge is 0.165 e. The van der Waals surface area contributed by atoms with Gasteiger partial charge < -0.3 is 0 Å². The van der Waals surface area contributed by atoms with Gasteiger partial charge in [0.15, 0.2) is 5.78 Å². The minimum Gasteiger partial charge on any atom is -0.294 e. The molecule has 0 fully saturated rings. The van der Waals surface area contributed by atoms with Gasteiger partial charge in [-0.25, -0.2) is 0 Å². The highest BCUT2D eigenvalue weighted by Crippen LogP contribution is 2.13. The largest absolute Gasteiger partial charge is 0.294 e. The molecule has 1 aromatic carbocycles. The lowest BCUT2D eigenvalue weighted by molar-refractivity contribution is 0.0928. The van der Waals surface area contributed by atoms with Crippen LogP contribution in [0.3, 0.4) is 0 Å². The number of Topliss-reactive ketones (excluding diaryl/α,β-unsaturated/α-hetero) is 1. The number of hydrogen-bond donors (Lipinski definition) is 0. The van der Waals surface area contributed by atoms with Crippen LogP contribution in [0.4, 0.5) is 0 Å². The fraction of sp³-hybridized carbons (Fsp3) is 0.417. The highest BCUT2D eigenvalue weighted by atomic mass is 32.2. The van der Waals surface area contributed by atoms with Gasteiger partial charge >= 0.3 is 0 Å². The van der Waals surface area contributed by atoms with Crippen LogP contribution in [0, 0.1) is 5.92 Å². The average Bonchev–Trinajstić information content (AvgIpc) is 2.26. The molecule has 1 atom stereocenters. The summed E-state index contributed by atoms with van der Waals surface area (Å²) >= 11 is 1.79. The van der Waals surface area contributed by atoms with Gasteiger partial charge in [-0.05, 0) is 18.4 Å². The standard InChI is InChI=1S/C12H16OS/c1-10(8-9-14-2)12(13)11-6-4-3-5-7-11/h3-7,10H,8-9H2,1-2H3. The van der Waals surface area contributed by atoms with Gasteiger partial charge in [-0.3, -0.25) is 4.79 Å². The van der Waals surface area contributed by atoms with E-state index in [1.807, 2.05) is 37.3 Å². The van der Waals surface area contributed by atoms with Gasteiger partial charge in [0.25, 0.3) is 0 Å². The molecule has 1 unspecified atom stereocenters. The van der Waals surface area contributed by atoms with Gasteiger partial charge in [0, 0.05) is 11.5 Å². The number of ketones is 1. The molecule has 76 valence electrons. The molecule has 0 bridgehead atoms. The Morgan fingerprint density at radius 1 is 1.36 bits per heavy atom. The molecule has 1 rings (SSSR count). The van der Waals surface area contributed by atoms with Crippen LogP contribution in [0.1, 0.15) is 23.7 Å². The molecule has 0 radical (unpaired) electrons. The van der Waals surface area contributed by atoms with Crippen LogP contribution < -0.4 is 0 Å². The zero-order valence-electron chi connectivity index (χ0n) is 8.69. The first-order valence-corrected chi connectivity index (χ1v) is 6.23. The molecule has 0 saturated carbocycles. The van der Waals surface area contributed by atoms with E-state index >= 15 is 0 Å². The second-order valence-corrected chi connectivity index (χ2v) is 4.40. The Morgan fingerprint density at radius 3 is 2.57 bits per heavy atom. The van der Waals surface area contributed by atoms with Crippen LogP contribution in [-0.4, -0.2) is 17.8 Å². The van der Waals surface area contributed by atoms with E-state index in [2.05, 4.69) is 6.26 Å². The van der Waals surface area contributed by atoms with Crippen molar-refractivity contribution in [3.8, 4) is 0 Å². The molecule has 14 heavy (non-hydrogen) atoms. The second-order valence-electron chi connectivity index (χ2n) is 3.41. The van der Waals surface area contributed by atoms with Crippen molar-refractivity contribution >= 4 is 17.5 Å². The van der Waals surface area contributed by atoms with Crippen molar-refractivity contribution in [3.63, 3.8) is 0 Å². The van der Waals surface area contributed by atoms with E-state index in [0.29, 0.717) is 0 Å². The van der Waals surface area contributed by atoms with Gasteiger partial charge in [0.1, 0.15) is 0 Å². The lowest BCUT2D eigenvalue weighted by Gasteiger charge is -2.08. The summed E-state index contributed by atoms with van der Waals surface area (Å²) in [5, 5.41) is 0. The SMILES string of the molecule is CSCCC(C)C(=O)c1ccccc1. The lowest BCUT2D eigenvalue weighted by atomic mass is 9.97. The zero-order valence-corrected chi connectivity index (χ0v) is 9.51. The summed E-state index contributed by atoms with van der Waals surface area (Å²) in [6.07, 6.45) is 3.04. The van der Waals surface area contributed by atoms with Crippen molar-refractivity contribution < 1.29 is 4.79 Å². The van der Waals surface area contributed by atoms with E-state index in [1.54, 1.807) is 11.8 Å². The maximum Gasteiger partial charge on any atom is 0.165 e. The summed E-state index contributed by atoms with van der Waals surface area (Å²) in [7, 11) is 0. The number of carbonyl (C=O) groups is 1. The van der Waals surface area contributed by atoms with E-state index in [0.717, 1.165) is 17.7 Å². The van der Waals surface area contributed by atoms with Gasteiger partial charge in [-0.1, -0.05) is 37.3 Å². The first kappa shape index (κ1) is 11.3. The van der Waals surface area contributed by atoms with Crippen molar-refractivity contribution in [3.05, 3.63) is 35.9 Å². The van der Waals surface area contributed by atoms with Crippen LogP contribution in [0.5, 0.6) is 0 Å². The van der Waals surface area contributed by atoms with Crippen LogP contribution in [0.2, 0.25) is 0 Å².